The van der Waals surface area contributed by atoms with Gasteiger partial charge in [-0.3, -0.25) is 25.2 Å². The molecule has 0 saturated heterocycles. The number of ether oxygens (including phenoxy) is 1. The first-order valence-electron chi connectivity index (χ1n) is 7.52. The lowest BCUT2D eigenvalue weighted by Gasteiger charge is -2.15. The van der Waals surface area contributed by atoms with Gasteiger partial charge in [0.1, 0.15) is 5.75 Å². The summed E-state index contributed by atoms with van der Waals surface area (Å²) in [6.07, 6.45) is -0.699. The Morgan fingerprint density at radius 2 is 2.12 bits per heavy atom. The van der Waals surface area contributed by atoms with Crippen molar-refractivity contribution in [3.05, 3.63) is 49.5 Å². The predicted octanol–water partition coefficient (Wildman–Crippen LogP) is 1.99. The first-order chi connectivity index (χ1) is 11.9. The van der Waals surface area contributed by atoms with Crippen LogP contribution < -0.4 is 20.5 Å². The third kappa shape index (κ3) is 5.71. The monoisotopic (exact) mass is 427 g/mol. The van der Waals surface area contributed by atoms with Crippen LogP contribution in [0.25, 0.3) is 0 Å². The number of thiazole rings is 1. The van der Waals surface area contributed by atoms with Crippen LogP contribution in [0.5, 0.6) is 5.75 Å². The van der Waals surface area contributed by atoms with Gasteiger partial charge in [-0.1, -0.05) is 33.3 Å². The molecular formula is C16H18BrN3O4S. The van der Waals surface area contributed by atoms with Gasteiger partial charge in [0, 0.05) is 28.5 Å². The average Bonchev–Trinajstić information content (AvgIpc) is 2.89. The van der Waals surface area contributed by atoms with Crippen molar-refractivity contribution < 1.29 is 14.3 Å². The van der Waals surface area contributed by atoms with Gasteiger partial charge in [-0.25, -0.2) is 0 Å². The summed E-state index contributed by atoms with van der Waals surface area (Å²) in [5.74, 6) is -0.326. The summed E-state index contributed by atoms with van der Waals surface area (Å²) in [4.78, 5) is 35.2. The van der Waals surface area contributed by atoms with Crippen LogP contribution in [0, 0.1) is 6.92 Å². The topological polar surface area (TPSA) is 89.4 Å². The van der Waals surface area contributed by atoms with Crippen molar-refractivity contribution in [2.75, 3.05) is 0 Å². The Morgan fingerprint density at radius 1 is 1.36 bits per heavy atom. The molecule has 2 N–H and O–H groups in total. The summed E-state index contributed by atoms with van der Waals surface area (Å²) in [5.41, 5.74) is 5.45. The first kappa shape index (κ1) is 19.2. The number of carbonyl (C=O) groups is 2. The van der Waals surface area contributed by atoms with Gasteiger partial charge in [-0.05, 0) is 32.0 Å². The van der Waals surface area contributed by atoms with E-state index in [2.05, 4.69) is 26.8 Å². The summed E-state index contributed by atoms with van der Waals surface area (Å²) < 4.78 is 7.86. The molecule has 9 heteroatoms. The van der Waals surface area contributed by atoms with Gasteiger partial charge >= 0.3 is 4.87 Å². The molecule has 1 aromatic carbocycles. The smallest absolute Gasteiger partial charge is 0.307 e. The predicted molar refractivity (Wildman–Crippen MR) is 98.5 cm³/mol. The third-order valence-electron chi connectivity index (χ3n) is 3.34. The highest BCUT2D eigenvalue weighted by atomic mass is 79.9. The number of hydrogen-bond donors (Lipinski definition) is 2. The van der Waals surface area contributed by atoms with Crippen molar-refractivity contribution >= 4 is 39.1 Å². The molecule has 1 aromatic heterocycles. The zero-order valence-corrected chi connectivity index (χ0v) is 16.1. The van der Waals surface area contributed by atoms with Gasteiger partial charge in [-0.2, -0.15) is 0 Å². The normalized spacial score (nSPS) is 11.6. The minimum Gasteiger partial charge on any atom is -0.481 e. The van der Waals surface area contributed by atoms with E-state index in [-0.39, 0.29) is 23.7 Å². The van der Waals surface area contributed by atoms with E-state index >= 15 is 0 Å². The first-order valence-corrected chi connectivity index (χ1v) is 9.20. The minimum absolute atomic E-state index is 0.0820. The summed E-state index contributed by atoms with van der Waals surface area (Å²) >= 11 is 4.41. The highest BCUT2D eigenvalue weighted by Gasteiger charge is 2.15. The number of hydrazine groups is 1. The maximum atomic E-state index is 12.0. The Kier molecular flexibility index (Phi) is 6.77. The molecule has 2 rings (SSSR count). The van der Waals surface area contributed by atoms with Crippen molar-refractivity contribution in [1.82, 2.24) is 15.4 Å². The molecule has 0 spiro atoms. The van der Waals surface area contributed by atoms with Crippen LogP contribution in [0.15, 0.2) is 38.9 Å². The van der Waals surface area contributed by atoms with Gasteiger partial charge in [0.2, 0.25) is 5.91 Å². The quantitative estimate of drug-likeness (QED) is 0.689. The Morgan fingerprint density at radius 3 is 2.76 bits per heavy atom. The molecule has 134 valence electrons. The van der Waals surface area contributed by atoms with Crippen LogP contribution in [-0.2, 0) is 16.1 Å². The van der Waals surface area contributed by atoms with E-state index in [4.69, 9.17) is 4.74 Å². The number of aromatic nitrogens is 1. The van der Waals surface area contributed by atoms with Crippen molar-refractivity contribution in [2.45, 2.75) is 32.9 Å². The second-order valence-electron chi connectivity index (χ2n) is 5.30. The van der Waals surface area contributed by atoms with E-state index in [1.54, 1.807) is 37.4 Å². The summed E-state index contributed by atoms with van der Waals surface area (Å²) in [5, 5.41) is 1.74. The van der Waals surface area contributed by atoms with E-state index in [1.165, 1.54) is 4.57 Å². The fourth-order valence-electron chi connectivity index (χ4n) is 1.98. The molecule has 25 heavy (non-hydrogen) atoms. The van der Waals surface area contributed by atoms with E-state index < -0.39 is 12.0 Å². The number of benzene rings is 1. The lowest BCUT2D eigenvalue weighted by atomic mass is 10.3. The maximum absolute atomic E-state index is 12.0. The van der Waals surface area contributed by atoms with Gasteiger partial charge in [0.25, 0.3) is 5.91 Å². The van der Waals surface area contributed by atoms with Crippen LogP contribution in [0.1, 0.15) is 19.0 Å². The SMILES string of the molecule is Cc1csc(=O)n1CCC(=O)NNC(=O)C(C)Oc1cccc(Br)c1. The third-order valence-corrected chi connectivity index (χ3v) is 4.72. The van der Waals surface area contributed by atoms with Crippen LogP contribution >= 0.6 is 27.3 Å². The molecule has 0 radical (unpaired) electrons. The average molecular weight is 428 g/mol. The number of nitrogens with zero attached hydrogens (tertiary/aromatic N) is 1. The number of aryl methyl sites for hydroxylation is 1. The molecule has 1 atom stereocenters. The number of nitrogens with one attached hydrogen (secondary N) is 2. The van der Waals surface area contributed by atoms with Crippen LogP contribution in [0.3, 0.4) is 0 Å². The zero-order chi connectivity index (χ0) is 18.4. The highest BCUT2D eigenvalue weighted by molar-refractivity contribution is 9.10. The largest absolute Gasteiger partial charge is 0.481 e. The number of amides is 2. The summed E-state index contributed by atoms with van der Waals surface area (Å²) in [7, 11) is 0. The van der Waals surface area contributed by atoms with E-state index in [0.717, 1.165) is 21.5 Å². The van der Waals surface area contributed by atoms with Crippen molar-refractivity contribution in [3.63, 3.8) is 0 Å². The number of rotatable bonds is 6. The van der Waals surface area contributed by atoms with Crippen molar-refractivity contribution in [2.24, 2.45) is 0 Å². The summed E-state index contributed by atoms with van der Waals surface area (Å²) in [6, 6.07) is 7.11. The maximum Gasteiger partial charge on any atom is 0.307 e. The van der Waals surface area contributed by atoms with Crippen molar-refractivity contribution in [1.29, 1.82) is 0 Å². The van der Waals surface area contributed by atoms with E-state index in [9.17, 15) is 14.4 Å². The molecule has 2 aromatic rings. The van der Waals surface area contributed by atoms with Crippen LogP contribution in [-0.4, -0.2) is 22.5 Å². The standard InChI is InChI=1S/C16H18BrN3O4S/c1-10-9-25-16(23)20(10)7-6-14(21)18-19-15(22)11(2)24-13-5-3-4-12(17)8-13/h3-5,8-9,11H,6-7H2,1-2H3,(H,18,21)(H,19,22). The molecule has 0 aliphatic heterocycles. The van der Waals surface area contributed by atoms with Crippen LogP contribution in [0.2, 0.25) is 0 Å². The Bertz CT molecular complexity index is 818. The molecule has 7 nitrogen and oxygen atoms in total. The van der Waals surface area contributed by atoms with Gasteiger partial charge in [0.15, 0.2) is 6.10 Å². The highest BCUT2D eigenvalue weighted by Crippen LogP contribution is 2.18. The fraction of sp³-hybridized carbons (Fsp3) is 0.312. The molecule has 0 aliphatic rings. The second kappa shape index (κ2) is 8.82. The molecule has 1 heterocycles. The molecule has 1 unspecified atom stereocenters. The molecule has 0 saturated carbocycles. The molecule has 0 bridgehead atoms. The number of carbonyl (C=O) groups excluding carboxylic acids is 2. The summed E-state index contributed by atoms with van der Waals surface area (Å²) in [6.45, 7) is 3.65. The van der Waals surface area contributed by atoms with Gasteiger partial charge in [0.05, 0.1) is 0 Å². The zero-order valence-electron chi connectivity index (χ0n) is 13.7. The Balaban J connectivity index is 1.77. The molecule has 0 aliphatic carbocycles. The molecule has 2 amide bonds. The van der Waals surface area contributed by atoms with E-state index in [0.29, 0.717) is 5.75 Å². The van der Waals surface area contributed by atoms with E-state index in [1.807, 2.05) is 6.07 Å². The molecule has 0 fully saturated rings. The van der Waals surface area contributed by atoms with Crippen molar-refractivity contribution in [3.8, 4) is 5.75 Å². The second-order valence-corrected chi connectivity index (χ2v) is 7.04. The lowest BCUT2D eigenvalue weighted by molar-refractivity contribution is -0.132. The Hall–Kier alpha value is -2.13. The van der Waals surface area contributed by atoms with Gasteiger partial charge in [-0.15, -0.1) is 0 Å². The van der Waals surface area contributed by atoms with Gasteiger partial charge < -0.3 is 9.30 Å². The minimum atomic E-state index is -0.781. The molecular weight excluding hydrogens is 410 g/mol. The lowest BCUT2D eigenvalue weighted by Crippen LogP contribution is -2.47. The number of halogens is 1. The fourth-order valence-corrected chi connectivity index (χ4v) is 3.12. The van der Waals surface area contributed by atoms with Crippen LogP contribution in [0.4, 0.5) is 0 Å². The Labute approximate surface area is 157 Å². The number of hydrogen-bond acceptors (Lipinski definition) is 5.